The minimum atomic E-state index is -0.782. The van der Waals surface area contributed by atoms with Crippen molar-refractivity contribution >= 4 is 11.9 Å². The topological polar surface area (TPSA) is 72.8 Å². The first-order chi connectivity index (χ1) is 20.6. The van der Waals surface area contributed by atoms with Gasteiger partial charge in [0.25, 0.3) is 0 Å². The predicted octanol–water partition coefficient (Wildman–Crippen LogP) is 10.1. The van der Waals surface area contributed by atoms with E-state index in [4.69, 9.17) is 9.47 Å². The van der Waals surface area contributed by atoms with Crippen molar-refractivity contribution in [3.8, 4) is 0 Å². The molecule has 1 atom stereocenters. The number of carbonyl (C=O) groups is 2. The standard InChI is InChI=1S/C37H62O5/c1-3-5-7-9-11-13-14-15-16-17-18-19-20-21-22-24-25-27-29-31-36(39)41-34-35(33-38)42-37(40)32-30-28-26-23-12-10-8-6-4-2/h5,7,11,13,15-16,18-19,21-22,35,38H,3-4,6,8-10,12,14,17,20,23-34H2,1-2H3/b7-5+,13-11+,16-15+,19-18+,22-21+/t35-/m0/s1. The summed E-state index contributed by atoms with van der Waals surface area (Å²) >= 11 is 0. The maximum atomic E-state index is 12.0. The summed E-state index contributed by atoms with van der Waals surface area (Å²) in [5.74, 6) is -0.638. The number of aliphatic hydroxyl groups is 1. The highest BCUT2D eigenvalue weighted by Gasteiger charge is 2.16. The van der Waals surface area contributed by atoms with E-state index in [9.17, 15) is 14.7 Å². The number of aliphatic hydroxyl groups excluding tert-OH is 1. The van der Waals surface area contributed by atoms with Crippen LogP contribution >= 0.6 is 0 Å². The fourth-order valence-electron chi connectivity index (χ4n) is 4.28. The SMILES string of the molecule is CC/C=C/C/C=C/C/C=C/C/C=C/C/C=C/CCCCCC(=O)OC[C@H](CO)OC(=O)CCCCCCCCCCC. The van der Waals surface area contributed by atoms with E-state index >= 15 is 0 Å². The summed E-state index contributed by atoms with van der Waals surface area (Å²) in [6, 6.07) is 0. The third kappa shape index (κ3) is 30.6. The Balaban J connectivity index is 3.68. The van der Waals surface area contributed by atoms with E-state index in [1.54, 1.807) is 0 Å². The van der Waals surface area contributed by atoms with Crippen LogP contribution < -0.4 is 0 Å². The van der Waals surface area contributed by atoms with E-state index in [-0.39, 0.29) is 25.2 Å². The van der Waals surface area contributed by atoms with Gasteiger partial charge in [0.1, 0.15) is 6.61 Å². The van der Waals surface area contributed by atoms with Gasteiger partial charge in [0.15, 0.2) is 6.10 Å². The zero-order valence-corrected chi connectivity index (χ0v) is 27.0. The molecule has 0 spiro atoms. The van der Waals surface area contributed by atoms with Gasteiger partial charge in [-0.15, -0.1) is 0 Å². The van der Waals surface area contributed by atoms with Gasteiger partial charge in [0.2, 0.25) is 0 Å². The molecule has 0 aliphatic heterocycles. The second kappa shape index (κ2) is 33.1. The fraction of sp³-hybridized carbons (Fsp3) is 0.676. The van der Waals surface area contributed by atoms with Gasteiger partial charge in [0.05, 0.1) is 6.61 Å². The largest absolute Gasteiger partial charge is 0.462 e. The molecular formula is C37H62O5. The quantitative estimate of drug-likeness (QED) is 0.0536. The number of esters is 2. The Morgan fingerprint density at radius 3 is 1.55 bits per heavy atom. The number of unbranched alkanes of at least 4 members (excludes halogenated alkanes) is 11. The van der Waals surface area contributed by atoms with Gasteiger partial charge in [-0.1, -0.05) is 132 Å². The molecule has 0 unspecified atom stereocenters. The molecule has 0 amide bonds. The summed E-state index contributed by atoms with van der Waals surface area (Å²) in [5.41, 5.74) is 0. The molecule has 0 aromatic rings. The van der Waals surface area contributed by atoms with E-state index in [0.29, 0.717) is 12.8 Å². The normalized spacial score (nSPS) is 12.9. The van der Waals surface area contributed by atoms with E-state index in [0.717, 1.165) is 77.0 Å². The molecule has 0 fully saturated rings. The zero-order chi connectivity index (χ0) is 30.8. The number of ether oxygens (including phenoxy) is 2. The van der Waals surface area contributed by atoms with E-state index in [2.05, 4.69) is 74.6 Å². The van der Waals surface area contributed by atoms with Crippen molar-refractivity contribution < 1.29 is 24.2 Å². The summed E-state index contributed by atoms with van der Waals surface area (Å²) in [6.45, 7) is 3.95. The molecule has 42 heavy (non-hydrogen) atoms. The monoisotopic (exact) mass is 586 g/mol. The van der Waals surface area contributed by atoms with Gasteiger partial charge in [-0.3, -0.25) is 9.59 Å². The number of carbonyl (C=O) groups excluding carboxylic acids is 2. The lowest BCUT2D eigenvalue weighted by atomic mass is 10.1. The van der Waals surface area contributed by atoms with Crippen LogP contribution in [0, 0.1) is 0 Å². The van der Waals surface area contributed by atoms with Crippen LogP contribution in [0.4, 0.5) is 0 Å². The first-order valence-corrected chi connectivity index (χ1v) is 16.8. The molecular weight excluding hydrogens is 524 g/mol. The van der Waals surface area contributed by atoms with Gasteiger partial charge in [0, 0.05) is 12.8 Å². The van der Waals surface area contributed by atoms with Crippen molar-refractivity contribution in [1.29, 1.82) is 0 Å². The molecule has 1 N–H and O–H groups in total. The van der Waals surface area contributed by atoms with Gasteiger partial charge in [-0.25, -0.2) is 0 Å². The third-order valence-electron chi connectivity index (χ3n) is 6.83. The van der Waals surface area contributed by atoms with Gasteiger partial charge in [-0.05, 0) is 57.8 Å². The van der Waals surface area contributed by atoms with Gasteiger partial charge in [-0.2, -0.15) is 0 Å². The Morgan fingerprint density at radius 1 is 0.571 bits per heavy atom. The highest BCUT2D eigenvalue weighted by Crippen LogP contribution is 2.11. The second-order valence-corrected chi connectivity index (χ2v) is 10.9. The lowest BCUT2D eigenvalue weighted by Gasteiger charge is -2.15. The van der Waals surface area contributed by atoms with Crippen molar-refractivity contribution in [2.24, 2.45) is 0 Å². The molecule has 0 bridgehead atoms. The highest BCUT2D eigenvalue weighted by atomic mass is 16.6. The van der Waals surface area contributed by atoms with Crippen molar-refractivity contribution in [2.45, 2.75) is 148 Å². The molecule has 0 aromatic carbocycles. The molecule has 0 heterocycles. The second-order valence-electron chi connectivity index (χ2n) is 10.9. The van der Waals surface area contributed by atoms with Gasteiger partial charge < -0.3 is 14.6 Å². The smallest absolute Gasteiger partial charge is 0.306 e. The van der Waals surface area contributed by atoms with Crippen LogP contribution in [0.2, 0.25) is 0 Å². The maximum Gasteiger partial charge on any atom is 0.306 e. The van der Waals surface area contributed by atoms with Crippen molar-refractivity contribution in [1.82, 2.24) is 0 Å². The minimum absolute atomic E-state index is 0.0845. The van der Waals surface area contributed by atoms with Crippen molar-refractivity contribution in [3.63, 3.8) is 0 Å². The third-order valence-corrected chi connectivity index (χ3v) is 6.83. The summed E-state index contributed by atoms with van der Waals surface area (Å²) in [4.78, 5) is 24.0. The first kappa shape index (κ1) is 39.6. The van der Waals surface area contributed by atoms with E-state index < -0.39 is 6.10 Å². The molecule has 0 saturated heterocycles. The highest BCUT2D eigenvalue weighted by molar-refractivity contribution is 5.70. The van der Waals surface area contributed by atoms with Crippen LogP contribution in [0.15, 0.2) is 60.8 Å². The predicted molar refractivity (Wildman–Crippen MR) is 177 cm³/mol. The molecule has 0 saturated carbocycles. The minimum Gasteiger partial charge on any atom is -0.462 e. The van der Waals surface area contributed by atoms with Crippen LogP contribution in [0.1, 0.15) is 142 Å². The number of hydrogen-bond donors (Lipinski definition) is 1. The lowest BCUT2D eigenvalue weighted by Crippen LogP contribution is -2.28. The summed E-state index contributed by atoms with van der Waals surface area (Å²) in [6.07, 6.45) is 41.3. The fourth-order valence-corrected chi connectivity index (χ4v) is 4.28. The van der Waals surface area contributed by atoms with Crippen molar-refractivity contribution in [2.75, 3.05) is 13.2 Å². The Hall–Kier alpha value is -2.40. The van der Waals surface area contributed by atoms with Crippen LogP contribution in [0.5, 0.6) is 0 Å². The Kier molecular flexibility index (Phi) is 31.2. The van der Waals surface area contributed by atoms with Crippen LogP contribution in [-0.4, -0.2) is 36.4 Å². The molecule has 5 heteroatoms. The van der Waals surface area contributed by atoms with E-state index in [1.807, 2.05) is 0 Å². The Morgan fingerprint density at radius 2 is 1.02 bits per heavy atom. The summed E-state index contributed by atoms with van der Waals surface area (Å²) in [5, 5.41) is 9.48. The first-order valence-electron chi connectivity index (χ1n) is 16.8. The average molecular weight is 587 g/mol. The molecule has 0 aromatic heterocycles. The molecule has 0 aliphatic carbocycles. The Bertz CT molecular complexity index is 762. The number of hydrogen-bond acceptors (Lipinski definition) is 5. The maximum absolute atomic E-state index is 12.0. The zero-order valence-electron chi connectivity index (χ0n) is 27.0. The number of rotatable bonds is 29. The Labute approximate surface area is 258 Å². The average Bonchev–Trinajstić information content (AvgIpc) is 2.99. The van der Waals surface area contributed by atoms with E-state index in [1.165, 1.54) is 38.5 Å². The van der Waals surface area contributed by atoms with Crippen LogP contribution in [0.3, 0.4) is 0 Å². The summed E-state index contributed by atoms with van der Waals surface area (Å²) < 4.78 is 10.5. The number of allylic oxidation sites excluding steroid dienone is 10. The molecule has 5 nitrogen and oxygen atoms in total. The molecule has 0 radical (unpaired) electrons. The van der Waals surface area contributed by atoms with Crippen molar-refractivity contribution in [3.05, 3.63) is 60.8 Å². The summed E-state index contributed by atoms with van der Waals surface area (Å²) in [7, 11) is 0. The van der Waals surface area contributed by atoms with Gasteiger partial charge >= 0.3 is 11.9 Å². The van der Waals surface area contributed by atoms with Crippen LogP contribution in [0.25, 0.3) is 0 Å². The van der Waals surface area contributed by atoms with Crippen LogP contribution in [-0.2, 0) is 19.1 Å². The molecule has 240 valence electrons. The molecule has 0 rings (SSSR count). The lowest BCUT2D eigenvalue weighted by molar-refractivity contribution is -0.161. The molecule has 0 aliphatic rings.